The van der Waals surface area contributed by atoms with Gasteiger partial charge in [-0.05, 0) is 6.92 Å². The number of carbonyl (C=O) groups excluding carboxylic acids is 1. The van der Waals surface area contributed by atoms with Crippen LogP contribution < -0.4 is 5.32 Å². The predicted octanol–water partition coefficient (Wildman–Crippen LogP) is 0.699. The van der Waals surface area contributed by atoms with E-state index in [0.29, 0.717) is 13.1 Å². The monoisotopic (exact) mass is 333 g/mol. The number of nitrogens with zero attached hydrogens (tertiary/aromatic N) is 4. The number of aryl methyl sites for hydroxylation is 1. The first kappa shape index (κ1) is 17.7. The molecule has 1 aliphatic rings. The molecule has 1 aromatic heterocycles. The summed E-state index contributed by atoms with van der Waals surface area (Å²) in [6, 6.07) is 0. The minimum absolute atomic E-state index is 0.00745. The van der Waals surface area contributed by atoms with E-state index in [1.807, 2.05) is 16.4 Å². The van der Waals surface area contributed by atoms with Crippen LogP contribution in [-0.4, -0.2) is 70.7 Å². The van der Waals surface area contributed by atoms with E-state index in [4.69, 9.17) is 0 Å². The number of imidazole rings is 1. The Labute approximate surface area is 133 Å². The topological polar surface area (TPSA) is 53.4 Å². The van der Waals surface area contributed by atoms with E-state index in [-0.39, 0.29) is 6.54 Å². The number of nitrogens with one attached hydrogen (secondary N) is 1. The number of rotatable bonds is 6. The van der Waals surface area contributed by atoms with Gasteiger partial charge in [0.25, 0.3) is 0 Å². The lowest BCUT2D eigenvalue weighted by molar-refractivity contribution is -0.139. The molecule has 0 unspecified atom stereocenters. The molecule has 1 amide bonds. The Morgan fingerprint density at radius 1 is 1.26 bits per heavy atom. The molecule has 23 heavy (non-hydrogen) atoms. The molecule has 2 heterocycles. The Kier molecular flexibility index (Phi) is 6.00. The third kappa shape index (κ3) is 5.83. The predicted molar refractivity (Wildman–Crippen MR) is 78.7 cm³/mol. The molecule has 0 aromatic carbocycles. The highest BCUT2D eigenvalue weighted by Crippen LogP contribution is 2.12. The number of hydrogen-bond acceptors (Lipinski definition) is 4. The van der Waals surface area contributed by atoms with E-state index >= 15 is 0 Å². The van der Waals surface area contributed by atoms with Gasteiger partial charge < -0.3 is 9.88 Å². The second-order valence-electron chi connectivity index (χ2n) is 5.57. The quantitative estimate of drug-likeness (QED) is 0.833. The smallest absolute Gasteiger partial charge is 0.346 e. The molecule has 0 aliphatic carbocycles. The number of alkyl halides is 3. The van der Waals surface area contributed by atoms with E-state index in [0.717, 1.165) is 32.0 Å². The number of hydrogen-bond donors (Lipinski definition) is 1. The summed E-state index contributed by atoms with van der Waals surface area (Å²) >= 11 is 0. The van der Waals surface area contributed by atoms with Gasteiger partial charge in [-0.3, -0.25) is 14.6 Å². The number of piperazine rings is 1. The van der Waals surface area contributed by atoms with Crippen LogP contribution in [0, 0.1) is 0 Å². The van der Waals surface area contributed by atoms with Crippen LogP contribution in [0.1, 0.15) is 12.7 Å². The summed E-state index contributed by atoms with van der Waals surface area (Å²) in [4.78, 5) is 19.9. The maximum atomic E-state index is 12.0. The zero-order chi connectivity index (χ0) is 16.9. The number of aromatic nitrogens is 2. The molecule has 6 nitrogen and oxygen atoms in total. The summed E-state index contributed by atoms with van der Waals surface area (Å²) in [5, 5.41) is 1.90. The number of halogens is 3. The van der Waals surface area contributed by atoms with Gasteiger partial charge in [0.05, 0.1) is 13.1 Å². The minimum atomic E-state index is -4.37. The van der Waals surface area contributed by atoms with Crippen molar-refractivity contribution in [2.24, 2.45) is 0 Å². The van der Waals surface area contributed by atoms with Gasteiger partial charge in [0.2, 0.25) is 5.91 Å². The lowest BCUT2D eigenvalue weighted by atomic mass is 10.3. The largest absolute Gasteiger partial charge is 0.405 e. The highest BCUT2D eigenvalue weighted by Gasteiger charge is 2.28. The molecule has 0 saturated carbocycles. The van der Waals surface area contributed by atoms with Crippen molar-refractivity contribution >= 4 is 5.91 Å². The molecule has 1 saturated heterocycles. The van der Waals surface area contributed by atoms with Gasteiger partial charge in [-0.2, -0.15) is 13.2 Å². The van der Waals surface area contributed by atoms with Crippen molar-refractivity contribution in [3.63, 3.8) is 0 Å². The Balaban J connectivity index is 1.70. The van der Waals surface area contributed by atoms with E-state index in [1.165, 1.54) is 0 Å². The van der Waals surface area contributed by atoms with Crippen molar-refractivity contribution in [1.29, 1.82) is 0 Å². The summed E-state index contributed by atoms with van der Waals surface area (Å²) in [6.07, 6.45) is -0.647. The minimum Gasteiger partial charge on any atom is -0.346 e. The second kappa shape index (κ2) is 7.78. The van der Waals surface area contributed by atoms with E-state index in [9.17, 15) is 18.0 Å². The second-order valence-corrected chi connectivity index (χ2v) is 5.57. The average molecular weight is 333 g/mol. The molecule has 0 atom stereocenters. The number of amides is 1. The Hall–Kier alpha value is -1.61. The normalized spacial score (nSPS) is 17.4. The van der Waals surface area contributed by atoms with Gasteiger partial charge >= 0.3 is 6.18 Å². The average Bonchev–Trinajstić information content (AvgIpc) is 2.94. The summed E-state index contributed by atoms with van der Waals surface area (Å²) in [6.45, 7) is 5.26. The van der Waals surface area contributed by atoms with Crippen molar-refractivity contribution < 1.29 is 18.0 Å². The number of carbonyl (C=O) groups is 1. The fourth-order valence-corrected chi connectivity index (χ4v) is 2.54. The van der Waals surface area contributed by atoms with Gasteiger partial charge in [-0.15, -0.1) is 0 Å². The Morgan fingerprint density at radius 3 is 2.52 bits per heavy atom. The van der Waals surface area contributed by atoms with Gasteiger partial charge in [-0.1, -0.05) is 0 Å². The molecule has 0 radical (unpaired) electrons. The highest BCUT2D eigenvalue weighted by molar-refractivity contribution is 5.78. The fraction of sp³-hybridized carbons (Fsp3) is 0.714. The molecule has 130 valence electrons. The zero-order valence-electron chi connectivity index (χ0n) is 13.1. The molecule has 1 aromatic rings. The first-order chi connectivity index (χ1) is 10.9. The van der Waals surface area contributed by atoms with Crippen LogP contribution in [0.5, 0.6) is 0 Å². The van der Waals surface area contributed by atoms with Crippen molar-refractivity contribution in [1.82, 2.24) is 24.7 Å². The fourth-order valence-electron chi connectivity index (χ4n) is 2.54. The first-order valence-corrected chi connectivity index (χ1v) is 7.65. The SMILES string of the molecule is CCn1ccnc1CN1CCN(CC(=O)NCC(F)(F)F)CC1. The van der Waals surface area contributed by atoms with Gasteiger partial charge in [0.1, 0.15) is 12.4 Å². The lowest BCUT2D eigenvalue weighted by Gasteiger charge is -2.34. The maximum absolute atomic E-state index is 12.0. The van der Waals surface area contributed by atoms with Crippen LogP contribution in [0.25, 0.3) is 0 Å². The van der Waals surface area contributed by atoms with Gasteiger partial charge in [-0.25, -0.2) is 4.98 Å². The van der Waals surface area contributed by atoms with Crippen LogP contribution in [0.15, 0.2) is 12.4 Å². The van der Waals surface area contributed by atoms with E-state index < -0.39 is 18.6 Å². The third-order valence-electron chi connectivity index (χ3n) is 3.83. The zero-order valence-corrected chi connectivity index (χ0v) is 13.1. The highest BCUT2D eigenvalue weighted by atomic mass is 19.4. The van der Waals surface area contributed by atoms with E-state index in [1.54, 1.807) is 6.20 Å². The lowest BCUT2D eigenvalue weighted by Crippen LogP contribution is -2.50. The van der Waals surface area contributed by atoms with Gasteiger partial charge in [0.15, 0.2) is 0 Å². The Morgan fingerprint density at radius 2 is 1.91 bits per heavy atom. The standard InChI is InChI=1S/C14H22F3N5O/c1-2-22-4-3-18-12(22)9-20-5-7-21(8-6-20)10-13(23)19-11-14(15,16)17/h3-4H,2,5-11H2,1H3,(H,19,23). The van der Waals surface area contributed by atoms with Crippen LogP contribution in [-0.2, 0) is 17.9 Å². The summed E-state index contributed by atoms with van der Waals surface area (Å²) < 4.78 is 38.2. The molecule has 2 rings (SSSR count). The maximum Gasteiger partial charge on any atom is 0.405 e. The molecular formula is C14H22F3N5O. The molecular weight excluding hydrogens is 311 g/mol. The molecule has 9 heteroatoms. The van der Waals surface area contributed by atoms with Crippen molar-refractivity contribution in [2.75, 3.05) is 39.3 Å². The van der Waals surface area contributed by atoms with Crippen LogP contribution in [0.4, 0.5) is 13.2 Å². The van der Waals surface area contributed by atoms with Crippen LogP contribution in [0.3, 0.4) is 0 Å². The van der Waals surface area contributed by atoms with Crippen molar-refractivity contribution in [3.05, 3.63) is 18.2 Å². The third-order valence-corrected chi connectivity index (χ3v) is 3.83. The van der Waals surface area contributed by atoms with Crippen LogP contribution >= 0.6 is 0 Å². The first-order valence-electron chi connectivity index (χ1n) is 7.65. The van der Waals surface area contributed by atoms with Gasteiger partial charge in [0, 0.05) is 45.1 Å². The molecule has 1 aliphatic heterocycles. The molecule has 0 spiro atoms. The summed E-state index contributed by atoms with van der Waals surface area (Å²) in [5.74, 6) is 0.418. The van der Waals surface area contributed by atoms with Crippen LogP contribution in [0.2, 0.25) is 0 Å². The van der Waals surface area contributed by atoms with Crippen molar-refractivity contribution in [2.45, 2.75) is 26.2 Å². The Bertz CT molecular complexity index is 509. The van der Waals surface area contributed by atoms with E-state index in [2.05, 4.69) is 21.4 Å². The summed E-state index contributed by atoms with van der Waals surface area (Å²) in [7, 11) is 0. The molecule has 1 N–H and O–H groups in total. The summed E-state index contributed by atoms with van der Waals surface area (Å²) in [5.41, 5.74) is 0. The molecule has 1 fully saturated rings. The van der Waals surface area contributed by atoms with Crippen molar-refractivity contribution in [3.8, 4) is 0 Å². The molecule has 0 bridgehead atoms.